The lowest BCUT2D eigenvalue weighted by Crippen LogP contribution is -2.30. The molecule has 1 atom stereocenters. The summed E-state index contributed by atoms with van der Waals surface area (Å²) in [5, 5.41) is 0. The second-order valence-electron chi connectivity index (χ2n) is 5.41. The molecular weight excluding hydrogens is 378 g/mol. The van der Waals surface area contributed by atoms with Crippen molar-refractivity contribution < 1.29 is 9.53 Å². The predicted molar refractivity (Wildman–Crippen MR) is 99.0 cm³/mol. The van der Waals surface area contributed by atoms with Gasteiger partial charge in [-0.15, -0.1) is 12.4 Å². The third-order valence-corrected chi connectivity index (χ3v) is 3.78. The first-order chi connectivity index (χ1) is 10.5. The topological polar surface area (TPSA) is 29.5 Å². The number of nitrogens with zero attached hydrogens (tertiary/aromatic N) is 1. The minimum absolute atomic E-state index is 0. The van der Waals surface area contributed by atoms with Crippen molar-refractivity contribution in [2.75, 3.05) is 13.6 Å². The van der Waals surface area contributed by atoms with Crippen LogP contribution >= 0.6 is 28.3 Å². The van der Waals surface area contributed by atoms with Gasteiger partial charge in [0.25, 0.3) is 0 Å². The van der Waals surface area contributed by atoms with Crippen LogP contribution in [0.3, 0.4) is 0 Å². The van der Waals surface area contributed by atoms with Crippen LogP contribution in [0.4, 0.5) is 0 Å². The summed E-state index contributed by atoms with van der Waals surface area (Å²) in [6.07, 6.45) is -0.162. The number of halogens is 2. The molecule has 0 aliphatic heterocycles. The van der Waals surface area contributed by atoms with E-state index in [-0.39, 0.29) is 24.5 Å². The molecule has 5 heteroatoms. The Morgan fingerprint density at radius 1 is 1.13 bits per heavy atom. The number of likely N-dealkylation sites (N-methyl/N-ethyl adjacent to an activating group) is 1. The summed E-state index contributed by atoms with van der Waals surface area (Å²) in [5.74, 6) is -0.284. The highest BCUT2D eigenvalue weighted by molar-refractivity contribution is 9.10. The van der Waals surface area contributed by atoms with Gasteiger partial charge in [-0.3, -0.25) is 4.90 Å². The Bertz CT molecular complexity index is 604. The first kappa shape index (κ1) is 19.7. The van der Waals surface area contributed by atoms with Gasteiger partial charge in [0.1, 0.15) is 6.10 Å². The molecule has 2 aromatic carbocycles. The zero-order chi connectivity index (χ0) is 15.9. The number of rotatable bonds is 6. The Hall–Kier alpha value is -1.36. The number of carbonyl (C=O) groups excluding carboxylic acids is 1. The molecule has 124 valence electrons. The van der Waals surface area contributed by atoms with Crippen LogP contribution in [0, 0.1) is 0 Å². The fourth-order valence-electron chi connectivity index (χ4n) is 2.27. The van der Waals surface area contributed by atoms with Crippen molar-refractivity contribution >= 4 is 34.3 Å². The number of ether oxygens (including phenoxy) is 1. The number of carbonyl (C=O) groups is 1. The van der Waals surface area contributed by atoms with E-state index in [1.165, 1.54) is 5.56 Å². The van der Waals surface area contributed by atoms with Gasteiger partial charge in [0.05, 0.1) is 5.56 Å². The first-order valence-electron chi connectivity index (χ1n) is 7.23. The predicted octanol–water partition coefficient (Wildman–Crippen LogP) is 4.55. The quantitative estimate of drug-likeness (QED) is 0.669. The minimum Gasteiger partial charge on any atom is -0.458 e. The number of esters is 1. The molecule has 0 saturated heterocycles. The van der Waals surface area contributed by atoms with Crippen LogP contribution in [0.15, 0.2) is 59.1 Å². The van der Waals surface area contributed by atoms with E-state index in [0.29, 0.717) is 12.1 Å². The second-order valence-corrected chi connectivity index (χ2v) is 6.32. The smallest absolute Gasteiger partial charge is 0.338 e. The van der Waals surface area contributed by atoms with Crippen LogP contribution in [0.1, 0.15) is 22.8 Å². The first-order valence-corrected chi connectivity index (χ1v) is 8.03. The van der Waals surface area contributed by atoms with Crippen LogP contribution in [-0.2, 0) is 11.3 Å². The van der Waals surface area contributed by atoms with Gasteiger partial charge in [-0.05, 0) is 43.8 Å². The number of benzene rings is 2. The molecule has 2 aromatic rings. The van der Waals surface area contributed by atoms with Crippen LogP contribution in [0.5, 0.6) is 0 Å². The number of hydrogen-bond donors (Lipinski definition) is 0. The van der Waals surface area contributed by atoms with Gasteiger partial charge < -0.3 is 4.74 Å². The highest BCUT2D eigenvalue weighted by Gasteiger charge is 2.13. The van der Waals surface area contributed by atoms with Gasteiger partial charge in [0.15, 0.2) is 0 Å². The number of hydrogen-bond acceptors (Lipinski definition) is 3. The summed E-state index contributed by atoms with van der Waals surface area (Å²) in [6, 6.07) is 17.4. The Labute approximate surface area is 152 Å². The van der Waals surface area contributed by atoms with Crippen LogP contribution in [0.25, 0.3) is 0 Å². The maximum atomic E-state index is 12.1. The molecule has 0 aliphatic carbocycles. The largest absolute Gasteiger partial charge is 0.458 e. The van der Waals surface area contributed by atoms with Crippen molar-refractivity contribution in [1.82, 2.24) is 4.90 Å². The van der Waals surface area contributed by atoms with Crippen molar-refractivity contribution in [3.63, 3.8) is 0 Å². The van der Waals surface area contributed by atoms with Crippen LogP contribution in [-0.4, -0.2) is 30.6 Å². The normalized spacial score (nSPS) is 11.7. The maximum absolute atomic E-state index is 12.1. The molecule has 0 bridgehead atoms. The van der Waals surface area contributed by atoms with Gasteiger partial charge in [0.2, 0.25) is 0 Å². The summed E-state index contributed by atoms with van der Waals surface area (Å²) < 4.78 is 6.43. The Balaban J connectivity index is 0.00000264. The zero-order valence-electron chi connectivity index (χ0n) is 13.2. The fourth-order valence-corrected chi connectivity index (χ4v) is 2.54. The van der Waals surface area contributed by atoms with E-state index in [0.717, 1.165) is 11.0 Å². The van der Waals surface area contributed by atoms with E-state index in [4.69, 9.17) is 4.74 Å². The third kappa shape index (κ3) is 6.73. The van der Waals surface area contributed by atoms with Crippen molar-refractivity contribution in [3.05, 3.63) is 70.2 Å². The Morgan fingerprint density at radius 2 is 1.74 bits per heavy atom. The highest BCUT2D eigenvalue weighted by Crippen LogP contribution is 2.12. The van der Waals surface area contributed by atoms with Crippen molar-refractivity contribution in [1.29, 1.82) is 0 Å². The molecule has 0 heterocycles. The molecule has 0 radical (unpaired) electrons. The summed E-state index contributed by atoms with van der Waals surface area (Å²) >= 11 is 3.35. The molecule has 1 unspecified atom stereocenters. The van der Waals surface area contributed by atoms with E-state index in [9.17, 15) is 4.79 Å². The lowest BCUT2D eigenvalue weighted by Gasteiger charge is -2.21. The molecular formula is C18H21BrClNO2. The molecule has 0 aliphatic rings. The van der Waals surface area contributed by atoms with Gasteiger partial charge >= 0.3 is 5.97 Å². The van der Waals surface area contributed by atoms with Crippen molar-refractivity contribution in [2.24, 2.45) is 0 Å². The van der Waals surface area contributed by atoms with Gasteiger partial charge in [-0.1, -0.05) is 46.3 Å². The molecule has 0 amide bonds. The summed E-state index contributed by atoms with van der Waals surface area (Å²) in [5.41, 5.74) is 1.82. The van der Waals surface area contributed by atoms with Crippen molar-refractivity contribution in [2.45, 2.75) is 19.6 Å². The summed E-state index contributed by atoms with van der Waals surface area (Å²) in [6.45, 7) is 3.44. The summed E-state index contributed by atoms with van der Waals surface area (Å²) in [7, 11) is 2.02. The molecule has 2 rings (SSSR count). The van der Waals surface area contributed by atoms with Gasteiger partial charge in [-0.25, -0.2) is 4.79 Å². The monoisotopic (exact) mass is 397 g/mol. The van der Waals surface area contributed by atoms with Crippen LogP contribution in [0.2, 0.25) is 0 Å². The third-order valence-electron chi connectivity index (χ3n) is 3.25. The van der Waals surface area contributed by atoms with E-state index < -0.39 is 0 Å². The fraction of sp³-hybridized carbons (Fsp3) is 0.278. The van der Waals surface area contributed by atoms with E-state index in [1.54, 1.807) is 12.1 Å². The zero-order valence-corrected chi connectivity index (χ0v) is 15.6. The molecule has 0 fully saturated rings. The lowest BCUT2D eigenvalue weighted by atomic mass is 10.2. The molecule has 23 heavy (non-hydrogen) atoms. The Kier molecular flexibility index (Phi) is 8.31. The average Bonchev–Trinajstić information content (AvgIpc) is 2.48. The van der Waals surface area contributed by atoms with E-state index >= 15 is 0 Å². The molecule has 0 spiro atoms. The summed E-state index contributed by atoms with van der Waals surface area (Å²) in [4.78, 5) is 14.2. The molecule has 0 saturated carbocycles. The average molecular weight is 399 g/mol. The lowest BCUT2D eigenvalue weighted by molar-refractivity contribution is 0.0268. The molecule has 3 nitrogen and oxygen atoms in total. The van der Waals surface area contributed by atoms with E-state index in [1.807, 2.05) is 44.3 Å². The van der Waals surface area contributed by atoms with Gasteiger partial charge in [-0.2, -0.15) is 0 Å². The standard InChI is InChI=1S/C18H20BrNO2.ClH/c1-14(12-20(2)13-15-6-4-3-5-7-15)22-18(21)16-8-10-17(19)11-9-16;/h3-11,14H,12-13H2,1-2H3;1H. The maximum Gasteiger partial charge on any atom is 0.338 e. The minimum atomic E-state index is -0.284. The SMILES string of the molecule is CC(CN(C)Cc1ccccc1)OC(=O)c1ccc(Br)cc1.Cl. The molecule has 0 aromatic heterocycles. The Morgan fingerprint density at radius 3 is 2.35 bits per heavy atom. The van der Waals surface area contributed by atoms with Crippen molar-refractivity contribution in [3.8, 4) is 0 Å². The van der Waals surface area contributed by atoms with Crippen LogP contribution < -0.4 is 0 Å². The highest BCUT2D eigenvalue weighted by atomic mass is 79.9. The second kappa shape index (κ2) is 9.71. The molecule has 0 N–H and O–H groups in total. The van der Waals surface area contributed by atoms with Gasteiger partial charge in [0, 0.05) is 17.6 Å². The van der Waals surface area contributed by atoms with E-state index in [2.05, 4.69) is 33.0 Å².